The van der Waals surface area contributed by atoms with E-state index in [1.807, 2.05) is 11.3 Å². The van der Waals surface area contributed by atoms with Crippen LogP contribution in [0.3, 0.4) is 0 Å². The highest BCUT2D eigenvalue weighted by atomic mass is 35.5. The third-order valence-corrected chi connectivity index (χ3v) is 5.48. The van der Waals surface area contributed by atoms with Crippen molar-refractivity contribution >= 4 is 23.7 Å². The summed E-state index contributed by atoms with van der Waals surface area (Å²) < 4.78 is 6.28. The number of hydrogen-bond acceptors (Lipinski definition) is 3. The average Bonchev–Trinajstić information content (AvgIpc) is 3.10. The van der Waals surface area contributed by atoms with Gasteiger partial charge < -0.3 is 10.1 Å². The molecule has 1 aliphatic rings. The molecule has 3 rings (SSSR count). The van der Waals surface area contributed by atoms with Crippen LogP contribution in [0.2, 0.25) is 0 Å². The molecule has 0 saturated heterocycles. The van der Waals surface area contributed by atoms with Crippen LogP contribution in [0, 0.1) is 5.92 Å². The largest absolute Gasteiger partial charge is 0.493 e. The quantitative estimate of drug-likeness (QED) is 0.718. The van der Waals surface area contributed by atoms with Crippen molar-refractivity contribution in [3.8, 4) is 5.75 Å². The maximum absolute atomic E-state index is 6.28. The van der Waals surface area contributed by atoms with Crippen LogP contribution < -0.4 is 10.1 Å². The lowest BCUT2D eigenvalue weighted by Gasteiger charge is -2.22. The van der Waals surface area contributed by atoms with Gasteiger partial charge in [0, 0.05) is 17.3 Å². The maximum Gasteiger partial charge on any atom is 0.122 e. The first-order chi connectivity index (χ1) is 11.4. The fraction of sp³-hybridized carbons (Fsp3) is 0.500. The van der Waals surface area contributed by atoms with Gasteiger partial charge in [0.05, 0.1) is 6.61 Å². The van der Waals surface area contributed by atoms with Crippen molar-refractivity contribution in [2.75, 3.05) is 19.7 Å². The number of fused-ring (bicyclic) bond motifs is 1. The Balaban J connectivity index is 0.00000208. The van der Waals surface area contributed by atoms with E-state index in [4.69, 9.17) is 4.74 Å². The summed E-state index contributed by atoms with van der Waals surface area (Å²) in [5.41, 5.74) is 2.95. The van der Waals surface area contributed by atoms with Gasteiger partial charge in [0.25, 0.3) is 0 Å². The number of hydrogen-bond donors (Lipinski definition) is 1. The fourth-order valence-electron chi connectivity index (χ4n) is 3.34. The van der Waals surface area contributed by atoms with Gasteiger partial charge in [0.1, 0.15) is 5.75 Å². The summed E-state index contributed by atoms with van der Waals surface area (Å²) in [4.78, 5) is 1.45. The fourth-order valence-corrected chi connectivity index (χ4v) is 4.16. The molecule has 1 unspecified atom stereocenters. The zero-order chi connectivity index (χ0) is 15.9. The predicted molar refractivity (Wildman–Crippen MR) is 106 cm³/mol. The standard InChI is InChI=1S/C20H27NOS.ClH/c1-2-21-14-16(13-18-9-6-12-23-18)15-22-20-11-5-8-17-7-3-4-10-19(17)20;/h5-6,8-9,11-12,16,21H,2-4,7,10,13-15H2,1H3;1H. The Hall–Kier alpha value is -1.03. The Morgan fingerprint density at radius 1 is 1.17 bits per heavy atom. The third kappa shape index (κ3) is 5.23. The van der Waals surface area contributed by atoms with Crippen molar-refractivity contribution in [3.05, 3.63) is 51.7 Å². The summed E-state index contributed by atoms with van der Waals surface area (Å²) in [5.74, 6) is 1.64. The number of rotatable bonds is 8. The molecular formula is C20H28ClNOS. The van der Waals surface area contributed by atoms with Crippen molar-refractivity contribution in [1.82, 2.24) is 5.32 Å². The maximum atomic E-state index is 6.28. The van der Waals surface area contributed by atoms with Gasteiger partial charge in [0.15, 0.2) is 0 Å². The van der Waals surface area contributed by atoms with Crippen LogP contribution in [0.25, 0.3) is 0 Å². The molecule has 1 aromatic carbocycles. The number of benzene rings is 1. The van der Waals surface area contributed by atoms with Crippen LogP contribution in [0.1, 0.15) is 35.8 Å². The first kappa shape index (κ1) is 19.3. The van der Waals surface area contributed by atoms with E-state index in [1.54, 1.807) is 0 Å². The molecule has 1 aromatic heterocycles. The van der Waals surface area contributed by atoms with Crippen molar-refractivity contribution in [3.63, 3.8) is 0 Å². The van der Waals surface area contributed by atoms with E-state index in [9.17, 15) is 0 Å². The lowest BCUT2D eigenvalue weighted by molar-refractivity contribution is 0.241. The van der Waals surface area contributed by atoms with Crippen LogP contribution in [0.15, 0.2) is 35.7 Å². The van der Waals surface area contributed by atoms with Gasteiger partial charge in [-0.1, -0.05) is 25.1 Å². The van der Waals surface area contributed by atoms with E-state index in [1.165, 1.54) is 41.7 Å². The monoisotopic (exact) mass is 365 g/mol. The lowest BCUT2D eigenvalue weighted by Crippen LogP contribution is -2.28. The van der Waals surface area contributed by atoms with Gasteiger partial charge in [-0.05, 0) is 67.3 Å². The predicted octanol–water partition coefficient (Wildman–Crippen LogP) is 4.90. The summed E-state index contributed by atoms with van der Waals surface area (Å²) in [6.07, 6.45) is 6.10. The number of nitrogens with one attached hydrogen (secondary N) is 1. The number of halogens is 1. The highest BCUT2D eigenvalue weighted by molar-refractivity contribution is 7.09. The van der Waals surface area contributed by atoms with E-state index in [0.29, 0.717) is 5.92 Å². The van der Waals surface area contributed by atoms with E-state index in [2.05, 4.69) is 48.0 Å². The van der Waals surface area contributed by atoms with E-state index < -0.39 is 0 Å². The van der Waals surface area contributed by atoms with Crippen LogP contribution >= 0.6 is 23.7 Å². The summed E-state index contributed by atoms with van der Waals surface area (Å²) in [6, 6.07) is 10.9. The minimum absolute atomic E-state index is 0. The van der Waals surface area contributed by atoms with Crippen molar-refractivity contribution in [2.24, 2.45) is 5.92 Å². The Kier molecular flexibility index (Phi) is 8.10. The molecule has 0 radical (unpaired) electrons. The van der Waals surface area contributed by atoms with Crippen LogP contribution in [-0.2, 0) is 19.3 Å². The molecule has 24 heavy (non-hydrogen) atoms. The van der Waals surface area contributed by atoms with Crippen molar-refractivity contribution in [1.29, 1.82) is 0 Å². The molecule has 4 heteroatoms. The molecule has 0 fully saturated rings. The van der Waals surface area contributed by atoms with Crippen molar-refractivity contribution < 1.29 is 4.74 Å². The molecule has 1 atom stereocenters. The van der Waals surface area contributed by atoms with Crippen LogP contribution in [0.5, 0.6) is 5.75 Å². The molecule has 2 nitrogen and oxygen atoms in total. The molecule has 1 aliphatic carbocycles. The van der Waals surface area contributed by atoms with Crippen LogP contribution in [0.4, 0.5) is 0 Å². The molecule has 1 N–H and O–H groups in total. The molecule has 0 aliphatic heterocycles. The third-order valence-electron chi connectivity index (χ3n) is 4.58. The first-order valence-electron chi connectivity index (χ1n) is 8.83. The highest BCUT2D eigenvalue weighted by Crippen LogP contribution is 2.30. The summed E-state index contributed by atoms with van der Waals surface area (Å²) in [7, 11) is 0. The minimum Gasteiger partial charge on any atom is -0.493 e. The van der Waals surface area contributed by atoms with E-state index in [-0.39, 0.29) is 12.4 Å². The molecule has 0 spiro atoms. The molecule has 0 bridgehead atoms. The Labute approximate surface area is 156 Å². The smallest absolute Gasteiger partial charge is 0.122 e. The number of thiophene rings is 1. The average molecular weight is 366 g/mol. The van der Waals surface area contributed by atoms with Crippen molar-refractivity contribution in [2.45, 2.75) is 39.0 Å². The molecule has 2 aromatic rings. The second kappa shape index (κ2) is 10.1. The second-order valence-corrected chi connectivity index (χ2v) is 7.40. The van der Waals surface area contributed by atoms with Crippen LogP contribution in [-0.4, -0.2) is 19.7 Å². The first-order valence-corrected chi connectivity index (χ1v) is 9.71. The highest BCUT2D eigenvalue weighted by Gasteiger charge is 2.16. The van der Waals surface area contributed by atoms with Gasteiger partial charge in [-0.3, -0.25) is 0 Å². The summed E-state index contributed by atoms with van der Waals surface area (Å²) >= 11 is 1.85. The SMILES string of the molecule is CCNCC(COc1cccc2c1CCCC2)Cc1cccs1.Cl. The van der Waals surface area contributed by atoms with Gasteiger partial charge in [-0.15, -0.1) is 23.7 Å². The van der Waals surface area contributed by atoms with Gasteiger partial charge in [0.2, 0.25) is 0 Å². The van der Waals surface area contributed by atoms with Gasteiger partial charge in [-0.25, -0.2) is 0 Å². The number of ether oxygens (including phenoxy) is 1. The number of aryl methyl sites for hydroxylation is 1. The summed E-state index contributed by atoms with van der Waals surface area (Å²) in [6.45, 7) is 4.99. The van der Waals surface area contributed by atoms with E-state index in [0.717, 1.165) is 31.9 Å². The van der Waals surface area contributed by atoms with Gasteiger partial charge in [-0.2, -0.15) is 0 Å². The normalized spacial score (nSPS) is 14.5. The minimum atomic E-state index is 0. The molecule has 0 amide bonds. The van der Waals surface area contributed by atoms with E-state index >= 15 is 0 Å². The summed E-state index contributed by atoms with van der Waals surface area (Å²) in [5, 5.41) is 5.64. The molecule has 132 valence electrons. The lowest BCUT2D eigenvalue weighted by atomic mass is 9.91. The zero-order valence-corrected chi connectivity index (χ0v) is 16.1. The molecule has 1 heterocycles. The Bertz CT molecular complexity index is 600. The van der Waals surface area contributed by atoms with Gasteiger partial charge >= 0.3 is 0 Å². The zero-order valence-electron chi connectivity index (χ0n) is 14.4. The Morgan fingerprint density at radius 3 is 2.83 bits per heavy atom. The topological polar surface area (TPSA) is 21.3 Å². The molecule has 0 saturated carbocycles. The second-order valence-electron chi connectivity index (χ2n) is 6.37. The Morgan fingerprint density at radius 2 is 2.04 bits per heavy atom. The molecular weight excluding hydrogens is 338 g/mol.